The second-order valence-corrected chi connectivity index (χ2v) is 13.7. The zero-order valence-corrected chi connectivity index (χ0v) is 26.5. The van der Waals surface area contributed by atoms with E-state index in [0.29, 0.717) is 0 Å². The molecule has 0 fully saturated rings. The lowest BCUT2D eigenvalue weighted by atomic mass is 9.82. The molecule has 2 aromatic heterocycles. The van der Waals surface area contributed by atoms with Crippen molar-refractivity contribution in [2.24, 2.45) is 0 Å². The Labute approximate surface area is 272 Å². The van der Waals surface area contributed by atoms with Crippen LogP contribution in [0, 0.1) is 0 Å². The maximum atomic E-state index is 4.71. The molecule has 46 heavy (non-hydrogen) atoms. The van der Waals surface area contributed by atoms with Gasteiger partial charge < -0.3 is 0 Å². The number of thiophene rings is 1. The van der Waals surface area contributed by atoms with Crippen molar-refractivity contribution in [1.29, 1.82) is 0 Å². The van der Waals surface area contributed by atoms with Gasteiger partial charge in [0, 0.05) is 36.7 Å². The first kappa shape index (κ1) is 27.0. The summed E-state index contributed by atoms with van der Waals surface area (Å²) >= 11 is 1.87. The molecule has 0 radical (unpaired) electrons. The van der Waals surface area contributed by atoms with Crippen LogP contribution in [0.2, 0.25) is 0 Å². The first-order valence-electron chi connectivity index (χ1n) is 15.7. The third-order valence-corrected chi connectivity index (χ3v) is 10.8. The molecular weight excluding hydrogens is 577 g/mol. The van der Waals surface area contributed by atoms with E-state index >= 15 is 0 Å². The normalized spacial score (nSPS) is 13.2. The molecule has 0 N–H and O–H groups in total. The molecule has 0 unspecified atom stereocenters. The van der Waals surface area contributed by atoms with Gasteiger partial charge in [0.25, 0.3) is 0 Å². The standard InChI is InChI=1S/C43H30N2S/c1-43(2)37-18-5-3-14-33(37)34-21-20-31(24-38(34)43)40-25-39(44-26-45-40)30-13-8-11-28(23-30)27-10-7-12-29(22-27)32-16-9-17-36-35-15-4-6-19-41(35)46-42(32)36/h3-26H,1-2H3. The summed E-state index contributed by atoms with van der Waals surface area (Å²) in [5.41, 5.74) is 14.2. The summed E-state index contributed by atoms with van der Waals surface area (Å²) in [6, 6.07) is 50.6. The predicted octanol–water partition coefficient (Wildman–Crippen LogP) is 11.8. The third-order valence-electron chi connectivity index (χ3n) is 9.62. The van der Waals surface area contributed by atoms with Crippen molar-refractivity contribution < 1.29 is 0 Å². The average Bonchev–Trinajstić information content (AvgIpc) is 3.61. The molecule has 0 atom stereocenters. The largest absolute Gasteiger partial charge is 0.236 e. The minimum atomic E-state index is -0.0524. The van der Waals surface area contributed by atoms with Gasteiger partial charge in [0.2, 0.25) is 0 Å². The lowest BCUT2D eigenvalue weighted by Gasteiger charge is -2.21. The number of nitrogens with zero attached hydrogens (tertiary/aromatic N) is 2. The fourth-order valence-electron chi connectivity index (χ4n) is 7.24. The van der Waals surface area contributed by atoms with Crippen LogP contribution in [0.4, 0.5) is 0 Å². The summed E-state index contributed by atoms with van der Waals surface area (Å²) in [5.74, 6) is 0. The Kier molecular flexibility index (Phi) is 6.06. The second kappa shape index (κ2) is 10.3. The molecule has 2 nitrogen and oxygen atoms in total. The molecule has 0 bridgehead atoms. The van der Waals surface area contributed by atoms with Crippen LogP contribution in [0.3, 0.4) is 0 Å². The van der Waals surface area contributed by atoms with E-state index in [4.69, 9.17) is 9.97 Å². The highest BCUT2D eigenvalue weighted by atomic mass is 32.1. The fourth-order valence-corrected chi connectivity index (χ4v) is 8.47. The molecule has 218 valence electrons. The van der Waals surface area contributed by atoms with Gasteiger partial charge in [-0.2, -0.15) is 0 Å². The molecule has 0 aliphatic heterocycles. The number of rotatable bonds is 4. The van der Waals surface area contributed by atoms with Crippen molar-refractivity contribution in [2.75, 3.05) is 0 Å². The fraction of sp³-hybridized carbons (Fsp3) is 0.0698. The van der Waals surface area contributed by atoms with Gasteiger partial charge in [-0.1, -0.05) is 123 Å². The molecule has 3 heteroatoms. The lowest BCUT2D eigenvalue weighted by Crippen LogP contribution is -2.14. The Balaban J connectivity index is 1.07. The minimum absolute atomic E-state index is 0.0524. The molecule has 6 aromatic carbocycles. The van der Waals surface area contributed by atoms with Gasteiger partial charge in [0.1, 0.15) is 6.33 Å². The van der Waals surface area contributed by atoms with Crippen molar-refractivity contribution in [3.8, 4) is 55.9 Å². The highest BCUT2D eigenvalue weighted by molar-refractivity contribution is 7.26. The Morgan fingerprint density at radius 1 is 0.457 bits per heavy atom. The highest BCUT2D eigenvalue weighted by Crippen LogP contribution is 2.49. The van der Waals surface area contributed by atoms with Crippen LogP contribution in [0.25, 0.3) is 76.1 Å². The quantitative estimate of drug-likeness (QED) is 0.199. The Bertz CT molecular complexity index is 2470. The number of hydrogen-bond acceptors (Lipinski definition) is 3. The topological polar surface area (TPSA) is 25.8 Å². The molecule has 0 spiro atoms. The summed E-state index contributed by atoms with van der Waals surface area (Å²) in [4.78, 5) is 9.43. The van der Waals surface area contributed by atoms with E-state index in [9.17, 15) is 0 Å². The summed E-state index contributed by atoms with van der Waals surface area (Å²) in [5, 5.41) is 2.65. The van der Waals surface area contributed by atoms with Crippen molar-refractivity contribution in [3.63, 3.8) is 0 Å². The predicted molar refractivity (Wildman–Crippen MR) is 194 cm³/mol. The van der Waals surface area contributed by atoms with Crippen molar-refractivity contribution in [2.45, 2.75) is 19.3 Å². The molecule has 1 aliphatic rings. The lowest BCUT2D eigenvalue weighted by molar-refractivity contribution is 0.660. The van der Waals surface area contributed by atoms with Gasteiger partial charge in [0.15, 0.2) is 0 Å². The van der Waals surface area contributed by atoms with E-state index in [1.165, 1.54) is 64.7 Å². The maximum Gasteiger partial charge on any atom is 0.116 e. The van der Waals surface area contributed by atoms with Gasteiger partial charge in [-0.05, 0) is 74.8 Å². The van der Waals surface area contributed by atoms with Crippen LogP contribution in [-0.4, -0.2) is 9.97 Å². The average molecular weight is 607 g/mol. The zero-order valence-electron chi connectivity index (χ0n) is 25.7. The molecule has 0 amide bonds. The first-order valence-corrected chi connectivity index (χ1v) is 16.5. The molecule has 2 heterocycles. The summed E-state index contributed by atoms with van der Waals surface area (Å²) in [7, 11) is 0. The van der Waals surface area contributed by atoms with Crippen LogP contribution in [0.15, 0.2) is 146 Å². The van der Waals surface area contributed by atoms with Crippen molar-refractivity contribution in [3.05, 3.63) is 157 Å². The SMILES string of the molecule is CC1(C)c2ccccc2-c2ccc(-c3cc(-c4cccc(-c5cccc(-c6cccc7c6sc6ccccc67)c5)c4)ncn3)cc21. The van der Waals surface area contributed by atoms with Crippen LogP contribution in [0.5, 0.6) is 0 Å². The molecule has 9 rings (SSSR count). The molecule has 8 aromatic rings. The zero-order chi connectivity index (χ0) is 30.8. The van der Waals surface area contributed by atoms with Gasteiger partial charge in [-0.15, -0.1) is 11.3 Å². The highest BCUT2D eigenvalue weighted by Gasteiger charge is 2.35. The van der Waals surface area contributed by atoms with Gasteiger partial charge >= 0.3 is 0 Å². The van der Waals surface area contributed by atoms with Gasteiger partial charge in [-0.25, -0.2) is 9.97 Å². The van der Waals surface area contributed by atoms with E-state index < -0.39 is 0 Å². The molecule has 0 saturated carbocycles. The minimum Gasteiger partial charge on any atom is -0.236 e. The molecular formula is C43H30N2S. The van der Waals surface area contributed by atoms with Gasteiger partial charge in [0.05, 0.1) is 11.4 Å². The second-order valence-electron chi connectivity index (χ2n) is 12.7. The Morgan fingerprint density at radius 3 is 1.91 bits per heavy atom. The third kappa shape index (κ3) is 4.23. The van der Waals surface area contributed by atoms with Crippen LogP contribution >= 0.6 is 11.3 Å². The number of fused-ring (bicyclic) bond motifs is 6. The number of benzene rings is 6. The van der Waals surface area contributed by atoms with E-state index in [0.717, 1.165) is 22.5 Å². The van der Waals surface area contributed by atoms with Crippen LogP contribution < -0.4 is 0 Å². The van der Waals surface area contributed by atoms with E-state index in [-0.39, 0.29) is 5.41 Å². The van der Waals surface area contributed by atoms with Gasteiger partial charge in [-0.3, -0.25) is 0 Å². The number of aromatic nitrogens is 2. The summed E-state index contributed by atoms with van der Waals surface area (Å²) in [6.45, 7) is 4.63. The maximum absolute atomic E-state index is 4.71. The van der Waals surface area contributed by atoms with Crippen molar-refractivity contribution in [1.82, 2.24) is 9.97 Å². The van der Waals surface area contributed by atoms with E-state index in [1.807, 2.05) is 11.3 Å². The number of hydrogen-bond donors (Lipinski definition) is 0. The van der Waals surface area contributed by atoms with E-state index in [2.05, 4.69) is 153 Å². The molecule has 1 aliphatic carbocycles. The molecule has 0 saturated heterocycles. The summed E-state index contributed by atoms with van der Waals surface area (Å²) < 4.78 is 2.66. The van der Waals surface area contributed by atoms with Crippen molar-refractivity contribution >= 4 is 31.5 Å². The van der Waals surface area contributed by atoms with Crippen LogP contribution in [-0.2, 0) is 5.41 Å². The monoisotopic (exact) mass is 606 g/mol. The smallest absolute Gasteiger partial charge is 0.116 e. The summed E-state index contributed by atoms with van der Waals surface area (Å²) in [6.07, 6.45) is 1.69. The van der Waals surface area contributed by atoms with Crippen LogP contribution in [0.1, 0.15) is 25.0 Å². The Hall–Kier alpha value is -5.38. The Morgan fingerprint density at radius 2 is 1.07 bits per heavy atom. The van der Waals surface area contributed by atoms with E-state index in [1.54, 1.807) is 6.33 Å². The first-order chi connectivity index (χ1) is 22.5.